The van der Waals surface area contributed by atoms with Gasteiger partial charge in [0.25, 0.3) is 5.91 Å². The smallest absolute Gasteiger partial charge is 0.267 e. The lowest BCUT2D eigenvalue weighted by atomic mass is 10.2. The molecule has 0 radical (unpaired) electrons. The molecular weight excluding hydrogens is 390 g/mol. The van der Waals surface area contributed by atoms with Gasteiger partial charge >= 0.3 is 0 Å². The van der Waals surface area contributed by atoms with Crippen molar-refractivity contribution in [2.24, 2.45) is 0 Å². The topological polar surface area (TPSA) is 66.0 Å². The Balaban J connectivity index is 2.01. The summed E-state index contributed by atoms with van der Waals surface area (Å²) in [5.41, 5.74) is 0.491. The summed E-state index contributed by atoms with van der Waals surface area (Å²) in [5.74, 6) is 1.74. The second kappa shape index (κ2) is 7.94. The van der Waals surface area contributed by atoms with Gasteiger partial charge in [0, 0.05) is 16.2 Å². The molecule has 0 atom stereocenters. The summed E-state index contributed by atoms with van der Waals surface area (Å²) < 4.78 is 22.1. The van der Waals surface area contributed by atoms with Crippen LogP contribution in [0.1, 0.15) is 9.67 Å². The fraction of sp³-hybridized carbons (Fsp3) is 0.211. The molecule has 0 saturated heterocycles. The maximum Gasteiger partial charge on any atom is 0.267 e. The Kier molecular flexibility index (Phi) is 5.62. The van der Waals surface area contributed by atoms with Crippen LogP contribution in [0.5, 0.6) is 23.0 Å². The zero-order valence-electron chi connectivity index (χ0n) is 15.2. The molecule has 142 valence electrons. The Morgan fingerprint density at radius 2 is 1.63 bits per heavy atom. The Bertz CT molecular complexity index is 1000. The van der Waals surface area contributed by atoms with E-state index >= 15 is 0 Å². The summed E-state index contributed by atoms with van der Waals surface area (Å²) in [4.78, 5) is 13.2. The number of carbonyl (C=O) groups is 1. The number of rotatable bonds is 6. The lowest BCUT2D eigenvalue weighted by molar-refractivity contribution is 0.103. The first-order chi connectivity index (χ1) is 13.0. The van der Waals surface area contributed by atoms with Gasteiger partial charge in [0.2, 0.25) is 0 Å². The predicted molar refractivity (Wildman–Crippen MR) is 107 cm³/mol. The predicted octanol–water partition coefficient (Wildman–Crippen LogP) is 4.84. The average molecular weight is 408 g/mol. The van der Waals surface area contributed by atoms with Crippen LogP contribution in [0, 0.1) is 0 Å². The van der Waals surface area contributed by atoms with Crippen molar-refractivity contribution in [3.63, 3.8) is 0 Å². The average Bonchev–Trinajstić information content (AvgIpc) is 3.02. The first kappa shape index (κ1) is 19.1. The second-order valence-electron chi connectivity index (χ2n) is 5.44. The van der Waals surface area contributed by atoms with Crippen molar-refractivity contribution in [3.05, 3.63) is 40.2 Å². The van der Waals surface area contributed by atoms with E-state index in [1.807, 2.05) is 0 Å². The standard InChI is InChI=1S/C19H18ClNO5S/c1-23-12-7-5-6-11(17(12)26-4)21-19(22)18-16(20)10-8-13(24-2)14(25-3)9-15(10)27-18/h5-9H,1-4H3,(H,21,22). The van der Waals surface area contributed by atoms with Crippen LogP contribution in [-0.4, -0.2) is 34.3 Å². The summed E-state index contributed by atoms with van der Waals surface area (Å²) in [6.45, 7) is 0. The van der Waals surface area contributed by atoms with Gasteiger partial charge in [-0.05, 0) is 18.2 Å². The molecule has 0 aliphatic carbocycles. The first-order valence-electron chi connectivity index (χ1n) is 7.90. The quantitative estimate of drug-likeness (QED) is 0.633. The highest BCUT2D eigenvalue weighted by molar-refractivity contribution is 7.21. The van der Waals surface area contributed by atoms with Crippen molar-refractivity contribution in [2.45, 2.75) is 0 Å². The summed E-state index contributed by atoms with van der Waals surface area (Å²) >= 11 is 7.74. The SMILES string of the molecule is COc1cc2sc(C(=O)Nc3cccc(OC)c3OC)c(Cl)c2cc1OC. The Labute approximate surface area is 165 Å². The minimum Gasteiger partial charge on any atom is -0.493 e. The third-order valence-electron chi connectivity index (χ3n) is 3.99. The van der Waals surface area contributed by atoms with Crippen LogP contribution in [0.25, 0.3) is 10.1 Å². The molecule has 1 N–H and O–H groups in total. The summed E-state index contributed by atoms with van der Waals surface area (Å²) in [6, 6.07) is 8.80. The van der Waals surface area contributed by atoms with E-state index in [1.54, 1.807) is 44.6 Å². The second-order valence-corrected chi connectivity index (χ2v) is 6.87. The monoisotopic (exact) mass is 407 g/mol. The van der Waals surface area contributed by atoms with Gasteiger partial charge in [-0.3, -0.25) is 4.79 Å². The van der Waals surface area contributed by atoms with Crippen molar-refractivity contribution in [1.29, 1.82) is 0 Å². The van der Waals surface area contributed by atoms with E-state index in [9.17, 15) is 4.79 Å². The van der Waals surface area contributed by atoms with Crippen LogP contribution >= 0.6 is 22.9 Å². The van der Waals surface area contributed by atoms with Crippen LogP contribution in [-0.2, 0) is 0 Å². The molecule has 6 nitrogen and oxygen atoms in total. The van der Waals surface area contributed by atoms with Crippen molar-refractivity contribution < 1.29 is 23.7 Å². The largest absolute Gasteiger partial charge is 0.493 e. The highest BCUT2D eigenvalue weighted by Gasteiger charge is 2.21. The number of methoxy groups -OCH3 is 4. The minimum atomic E-state index is -0.342. The van der Waals surface area contributed by atoms with Gasteiger partial charge in [-0.15, -0.1) is 11.3 Å². The van der Waals surface area contributed by atoms with Gasteiger partial charge in [0.05, 0.1) is 39.1 Å². The molecule has 3 aromatic rings. The number of thiophene rings is 1. The molecular formula is C19H18ClNO5S. The van der Waals surface area contributed by atoms with Crippen LogP contribution in [0.15, 0.2) is 30.3 Å². The minimum absolute atomic E-state index is 0.342. The van der Waals surface area contributed by atoms with Gasteiger partial charge in [0.15, 0.2) is 23.0 Å². The molecule has 1 amide bonds. The Hall–Kier alpha value is -2.64. The molecule has 1 heterocycles. The van der Waals surface area contributed by atoms with E-state index in [0.29, 0.717) is 38.6 Å². The molecule has 0 aliphatic rings. The summed E-state index contributed by atoms with van der Waals surface area (Å²) in [7, 11) is 6.15. The highest BCUT2D eigenvalue weighted by Crippen LogP contribution is 2.42. The molecule has 0 bridgehead atoms. The van der Waals surface area contributed by atoms with E-state index in [0.717, 1.165) is 10.1 Å². The number of anilines is 1. The maximum absolute atomic E-state index is 12.8. The third-order valence-corrected chi connectivity index (χ3v) is 5.65. The molecule has 0 spiro atoms. The molecule has 0 saturated carbocycles. The van der Waals surface area contributed by atoms with E-state index < -0.39 is 0 Å². The molecule has 0 aliphatic heterocycles. The number of carbonyl (C=O) groups excluding carboxylic acids is 1. The molecule has 3 rings (SSSR count). The Morgan fingerprint density at radius 3 is 2.26 bits per heavy atom. The normalized spacial score (nSPS) is 10.6. The number of amides is 1. The number of hydrogen-bond donors (Lipinski definition) is 1. The molecule has 27 heavy (non-hydrogen) atoms. The maximum atomic E-state index is 12.8. The van der Waals surface area contributed by atoms with Crippen molar-refractivity contribution in [1.82, 2.24) is 0 Å². The van der Waals surface area contributed by atoms with Gasteiger partial charge < -0.3 is 24.3 Å². The van der Waals surface area contributed by atoms with E-state index in [4.69, 9.17) is 30.5 Å². The number of fused-ring (bicyclic) bond motifs is 1. The van der Waals surface area contributed by atoms with E-state index in [-0.39, 0.29) is 5.91 Å². The third kappa shape index (κ3) is 3.48. The summed E-state index contributed by atoms with van der Waals surface area (Å²) in [5, 5.41) is 3.91. The van der Waals surface area contributed by atoms with Crippen LogP contribution < -0.4 is 24.3 Å². The number of benzene rings is 2. The van der Waals surface area contributed by atoms with E-state index in [1.165, 1.54) is 25.6 Å². The van der Waals surface area contributed by atoms with Gasteiger partial charge in [0.1, 0.15) is 4.88 Å². The molecule has 8 heteroatoms. The number of nitrogens with one attached hydrogen (secondary N) is 1. The van der Waals surface area contributed by atoms with E-state index in [2.05, 4.69) is 5.32 Å². The lowest BCUT2D eigenvalue weighted by Gasteiger charge is -2.13. The van der Waals surface area contributed by atoms with Gasteiger partial charge in [-0.2, -0.15) is 0 Å². The molecule has 2 aromatic carbocycles. The van der Waals surface area contributed by atoms with Crippen molar-refractivity contribution >= 4 is 44.6 Å². The molecule has 0 unspecified atom stereocenters. The number of hydrogen-bond acceptors (Lipinski definition) is 6. The lowest BCUT2D eigenvalue weighted by Crippen LogP contribution is -2.11. The van der Waals surface area contributed by atoms with Crippen LogP contribution in [0.3, 0.4) is 0 Å². The van der Waals surface area contributed by atoms with Crippen LogP contribution in [0.2, 0.25) is 5.02 Å². The number of ether oxygens (including phenoxy) is 4. The number of halogens is 1. The van der Waals surface area contributed by atoms with Gasteiger partial charge in [-0.1, -0.05) is 17.7 Å². The molecule has 1 aromatic heterocycles. The first-order valence-corrected chi connectivity index (χ1v) is 9.09. The summed E-state index contributed by atoms with van der Waals surface area (Å²) in [6.07, 6.45) is 0. The van der Waals surface area contributed by atoms with Crippen molar-refractivity contribution in [3.8, 4) is 23.0 Å². The van der Waals surface area contributed by atoms with Crippen LogP contribution in [0.4, 0.5) is 5.69 Å². The highest BCUT2D eigenvalue weighted by atomic mass is 35.5. The van der Waals surface area contributed by atoms with Crippen molar-refractivity contribution in [2.75, 3.05) is 33.8 Å². The molecule has 0 fully saturated rings. The number of para-hydroxylation sites is 1. The Morgan fingerprint density at radius 1 is 0.963 bits per heavy atom. The van der Waals surface area contributed by atoms with Gasteiger partial charge in [-0.25, -0.2) is 0 Å². The fourth-order valence-corrected chi connectivity index (χ4v) is 4.12. The zero-order chi connectivity index (χ0) is 19.6. The fourth-order valence-electron chi connectivity index (χ4n) is 2.70. The zero-order valence-corrected chi connectivity index (χ0v) is 16.8.